The average Bonchev–Trinajstić information content (AvgIpc) is 2.69. The van der Waals surface area contributed by atoms with Crippen molar-refractivity contribution in [2.45, 2.75) is 57.5 Å². The standard InChI is InChI=1S/C23H29NO3/c1-17(2)27-21-13-9-19(10-14-21)24-22(25)23(15-5-4-6-16-23)18-7-11-20(26-3)12-8-18/h7-14,17H,4-6,15-16H2,1-3H3,(H,24,25). The number of benzene rings is 2. The molecule has 1 saturated carbocycles. The molecule has 0 aliphatic heterocycles. The third-order valence-corrected chi connectivity index (χ3v) is 5.27. The van der Waals surface area contributed by atoms with Crippen LogP contribution in [0, 0.1) is 0 Å². The van der Waals surface area contributed by atoms with E-state index in [1.807, 2.05) is 62.4 Å². The Morgan fingerprint density at radius 1 is 0.926 bits per heavy atom. The van der Waals surface area contributed by atoms with E-state index in [0.29, 0.717) is 0 Å². The van der Waals surface area contributed by atoms with Crippen LogP contribution in [0.5, 0.6) is 11.5 Å². The van der Waals surface area contributed by atoms with Gasteiger partial charge in [0.25, 0.3) is 0 Å². The Bertz CT molecular complexity index is 744. The molecule has 2 aromatic carbocycles. The highest BCUT2D eigenvalue weighted by Crippen LogP contribution is 2.41. The van der Waals surface area contributed by atoms with Crippen molar-refractivity contribution in [3.63, 3.8) is 0 Å². The molecule has 0 heterocycles. The summed E-state index contributed by atoms with van der Waals surface area (Å²) in [6.07, 6.45) is 5.21. The van der Waals surface area contributed by atoms with Crippen LogP contribution in [0.25, 0.3) is 0 Å². The first-order valence-corrected chi connectivity index (χ1v) is 9.76. The largest absolute Gasteiger partial charge is 0.497 e. The number of carbonyl (C=O) groups is 1. The summed E-state index contributed by atoms with van der Waals surface area (Å²) in [4.78, 5) is 13.3. The molecule has 144 valence electrons. The lowest BCUT2D eigenvalue weighted by Crippen LogP contribution is -2.42. The Labute approximate surface area is 161 Å². The molecule has 2 aromatic rings. The van der Waals surface area contributed by atoms with Crippen molar-refractivity contribution in [2.24, 2.45) is 0 Å². The van der Waals surface area contributed by atoms with Gasteiger partial charge in [-0.2, -0.15) is 0 Å². The smallest absolute Gasteiger partial charge is 0.235 e. The molecule has 0 bridgehead atoms. The van der Waals surface area contributed by atoms with Gasteiger partial charge in [0.2, 0.25) is 5.91 Å². The predicted octanol–water partition coefficient (Wildman–Crippen LogP) is 5.32. The third-order valence-electron chi connectivity index (χ3n) is 5.27. The van der Waals surface area contributed by atoms with Gasteiger partial charge in [-0.05, 0) is 68.7 Å². The topological polar surface area (TPSA) is 47.6 Å². The fourth-order valence-corrected chi connectivity index (χ4v) is 3.85. The maximum Gasteiger partial charge on any atom is 0.235 e. The molecule has 4 heteroatoms. The summed E-state index contributed by atoms with van der Waals surface area (Å²) >= 11 is 0. The van der Waals surface area contributed by atoms with E-state index in [9.17, 15) is 4.79 Å². The molecule has 1 N–H and O–H groups in total. The zero-order valence-corrected chi connectivity index (χ0v) is 16.5. The minimum absolute atomic E-state index is 0.0740. The number of carbonyl (C=O) groups excluding carboxylic acids is 1. The zero-order valence-electron chi connectivity index (χ0n) is 16.5. The highest BCUT2D eigenvalue weighted by atomic mass is 16.5. The first-order chi connectivity index (χ1) is 13.0. The number of hydrogen-bond donors (Lipinski definition) is 1. The molecule has 4 nitrogen and oxygen atoms in total. The van der Waals surface area contributed by atoms with Gasteiger partial charge in [0.1, 0.15) is 11.5 Å². The van der Waals surface area contributed by atoms with E-state index in [4.69, 9.17) is 9.47 Å². The van der Waals surface area contributed by atoms with Crippen molar-refractivity contribution in [2.75, 3.05) is 12.4 Å². The van der Waals surface area contributed by atoms with E-state index in [2.05, 4.69) is 5.32 Å². The van der Waals surface area contributed by atoms with E-state index in [-0.39, 0.29) is 12.0 Å². The van der Waals surface area contributed by atoms with E-state index >= 15 is 0 Å². The lowest BCUT2D eigenvalue weighted by Gasteiger charge is -2.36. The number of ether oxygens (including phenoxy) is 2. The Balaban J connectivity index is 1.81. The normalized spacial score (nSPS) is 16.0. The van der Waals surface area contributed by atoms with Crippen molar-refractivity contribution in [3.05, 3.63) is 54.1 Å². The second-order valence-corrected chi connectivity index (χ2v) is 7.52. The second-order valence-electron chi connectivity index (χ2n) is 7.52. The minimum atomic E-state index is -0.475. The number of nitrogens with one attached hydrogen (secondary N) is 1. The molecular formula is C23H29NO3. The summed E-state index contributed by atoms with van der Waals surface area (Å²) < 4.78 is 10.9. The summed E-state index contributed by atoms with van der Waals surface area (Å²) in [5.74, 6) is 1.70. The predicted molar refractivity (Wildman–Crippen MR) is 109 cm³/mol. The zero-order chi connectivity index (χ0) is 19.3. The fourth-order valence-electron chi connectivity index (χ4n) is 3.85. The number of rotatable bonds is 6. The average molecular weight is 367 g/mol. The Hall–Kier alpha value is -2.49. The second kappa shape index (κ2) is 8.47. The van der Waals surface area contributed by atoms with Crippen molar-refractivity contribution in [1.29, 1.82) is 0 Å². The first-order valence-electron chi connectivity index (χ1n) is 9.76. The van der Waals surface area contributed by atoms with Crippen molar-refractivity contribution in [3.8, 4) is 11.5 Å². The molecular weight excluding hydrogens is 338 g/mol. The van der Waals surface area contributed by atoms with E-state index < -0.39 is 5.41 Å². The van der Waals surface area contributed by atoms with Gasteiger partial charge in [0.05, 0.1) is 18.6 Å². The maximum atomic E-state index is 13.3. The summed E-state index contributed by atoms with van der Waals surface area (Å²) in [5.41, 5.74) is 1.40. The van der Waals surface area contributed by atoms with Crippen molar-refractivity contribution in [1.82, 2.24) is 0 Å². The molecule has 0 unspecified atom stereocenters. The van der Waals surface area contributed by atoms with Crippen LogP contribution in [0.3, 0.4) is 0 Å². The van der Waals surface area contributed by atoms with E-state index in [0.717, 1.165) is 48.4 Å². The van der Waals surface area contributed by atoms with Gasteiger partial charge in [-0.15, -0.1) is 0 Å². The summed E-state index contributed by atoms with van der Waals surface area (Å²) in [7, 11) is 1.66. The Kier molecular flexibility index (Phi) is 6.04. The molecule has 0 radical (unpaired) electrons. The van der Waals surface area contributed by atoms with Crippen molar-refractivity contribution >= 4 is 11.6 Å². The van der Waals surface area contributed by atoms with Gasteiger partial charge in [-0.25, -0.2) is 0 Å². The van der Waals surface area contributed by atoms with Crippen LogP contribution in [0.2, 0.25) is 0 Å². The number of methoxy groups -OCH3 is 1. The highest BCUT2D eigenvalue weighted by molar-refractivity contribution is 5.99. The number of hydrogen-bond acceptors (Lipinski definition) is 3. The van der Waals surface area contributed by atoms with Gasteiger partial charge in [-0.3, -0.25) is 4.79 Å². The van der Waals surface area contributed by atoms with E-state index in [1.54, 1.807) is 7.11 Å². The molecule has 1 aliphatic rings. The quantitative estimate of drug-likeness (QED) is 0.751. The molecule has 1 fully saturated rings. The molecule has 3 rings (SSSR count). The Morgan fingerprint density at radius 3 is 2.07 bits per heavy atom. The van der Waals surface area contributed by atoms with Crippen LogP contribution in [0.15, 0.2) is 48.5 Å². The molecule has 27 heavy (non-hydrogen) atoms. The Morgan fingerprint density at radius 2 is 1.52 bits per heavy atom. The lowest BCUT2D eigenvalue weighted by atomic mass is 9.68. The van der Waals surface area contributed by atoms with E-state index in [1.165, 1.54) is 6.42 Å². The van der Waals surface area contributed by atoms with Gasteiger partial charge < -0.3 is 14.8 Å². The monoisotopic (exact) mass is 367 g/mol. The van der Waals surface area contributed by atoms with Crippen LogP contribution in [-0.4, -0.2) is 19.1 Å². The SMILES string of the molecule is COc1ccc(C2(C(=O)Nc3ccc(OC(C)C)cc3)CCCCC2)cc1. The number of anilines is 1. The van der Waals surface area contributed by atoms with Crippen LogP contribution in [0.4, 0.5) is 5.69 Å². The molecule has 1 amide bonds. The third kappa shape index (κ3) is 4.44. The fraction of sp³-hybridized carbons (Fsp3) is 0.435. The van der Waals surface area contributed by atoms with Crippen molar-refractivity contribution < 1.29 is 14.3 Å². The van der Waals surface area contributed by atoms with Crippen LogP contribution < -0.4 is 14.8 Å². The van der Waals surface area contributed by atoms with Gasteiger partial charge >= 0.3 is 0 Å². The first kappa shape index (κ1) is 19.3. The highest BCUT2D eigenvalue weighted by Gasteiger charge is 2.41. The molecule has 0 atom stereocenters. The minimum Gasteiger partial charge on any atom is -0.497 e. The summed E-state index contributed by atoms with van der Waals surface area (Å²) in [6.45, 7) is 3.99. The van der Waals surface area contributed by atoms with Gasteiger partial charge in [0, 0.05) is 5.69 Å². The molecule has 0 saturated heterocycles. The summed E-state index contributed by atoms with van der Waals surface area (Å²) in [5, 5.41) is 3.13. The molecule has 1 aliphatic carbocycles. The van der Waals surface area contributed by atoms with Crippen LogP contribution in [-0.2, 0) is 10.2 Å². The van der Waals surface area contributed by atoms with Crippen LogP contribution in [0.1, 0.15) is 51.5 Å². The van der Waals surface area contributed by atoms with Gasteiger partial charge in [-0.1, -0.05) is 31.4 Å². The molecule has 0 aromatic heterocycles. The lowest BCUT2D eigenvalue weighted by molar-refractivity contribution is -0.122. The molecule has 0 spiro atoms. The maximum absolute atomic E-state index is 13.3. The summed E-state index contributed by atoms with van der Waals surface area (Å²) in [6, 6.07) is 15.5. The van der Waals surface area contributed by atoms with Gasteiger partial charge in [0.15, 0.2) is 0 Å². The van der Waals surface area contributed by atoms with Crippen LogP contribution >= 0.6 is 0 Å². The number of amides is 1.